The molecular formula is C15H17BrN2O2. The lowest BCUT2D eigenvalue weighted by Crippen LogP contribution is -2.42. The van der Waals surface area contributed by atoms with E-state index in [1.165, 1.54) is 0 Å². The topological polar surface area (TPSA) is 53.3 Å². The van der Waals surface area contributed by atoms with Gasteiger partial charge < -0.3 is 9.64 Å². The van der Waals surface area contributed by atoms with Gasteiger partial charge in [0.25, 0.3) is 5.91 Å². The molecule has 0 aromatic heterocycles. The lowest BCUT2D eigenvalue weighted by molar-refractivity contribution is -0.138. The zero-order valence-electron chi connectivity index (χ0n) is 11.4. The normalized spacial score (nSPS) is 15.2. The zero-order valence-corrected chi connectivity index (χ0v) is 13.0. The molecule has 106 valence electrons. The SMILES string of the molecule is C[C@@H](Oc1ccccc1Br)C(=O)N(CCC#N)C1CC1. The van der Waals surface area contributed by atoms with Crippen molar-refractivity contribution in [2.75, 3.05) is 6.54 Å². The maximum atomic E-state index is 12.4. The Kier molecular flexibility index (Phi) is 5.02. The fourth-order valence-corrected chi connectivity index (χ4v) is 2.42. The van der Waals surface area contributed by atoms with Crippen LogP contribution in [0, 0.1) is 11.3 Å². The van der Waals surface area contributed by atoms with Crippen LogP contribution in [0.4, 0.5) is 0 Å². The number of hydrogen-bond acceptors (Lipinski definition) is 3. The molecule has 0 saturated heterocycles. The van der Waals surface area contributed by atoms with Gasteiger partial charge in [-0.3, -0.25) is 4.79 Å². The highest BCUT2D eigenvalue weighted by atomic mass is 79.9. The van der Waals surface area contributed by atoms with Crippen LogP contribution in [0.5, 0.6) is 5.75 Å². The Morgan fingerprint density at radius 2 is 2.25 bits per heavy atom. The van der Waals surface area contributed by atoms with Gasteiger partial charge in [-0.1, -0.05) is 12.1 Å². The molecule has 1 aromatic carbocycles. The van der Waals surface area contributed by atoms with E-state index in [1.54, 1.807) is 11.8 Å². The van der Waals surface area contributed by atoms with Crippen LogP contribution in [-0.2, 0) is 4.79 Å². The molecule has 0 radical (unpaired) electrons. The Morgan fingerprint density at radius 1 is 1.55 bits per heavy atom. The maximum Gasteiger partial charge on any atom is 0.263 e. The maximum absolute atomic E-state index is 12.4. The van der Waals surface area contributed by atoms with Gasteiger partial charge in [-0.05, 0) is 47.8 Å². The van der Waals surface area contributed by atoms with Crippen molar-refractivity contribution < 1.29 is 9.53 Å². The molecule has 2 rings (SSSR count). The molecular weight excluding hydrogens is 320 g/mol. The van der Waals surface area contributed by atoms with Crippen molar-refractivity contribution in [3.8, 4) is 11.8 Å². The third-order valence-electron chi connectivity index (χ3n) is 3.22. The summed E-state index contributed by atoms with van der Waals surface area (Å²) in [5.41, 5.74) is 0. The van der Waals surface area contributed by atoms with Crippen LogP contribution in [0.1, 0.15) is 26.2 Å². The highest BCUT2D eigenvalue weighted by Gasteiger charge is 2.34. The van der Waals surface area contributed by atoms with Gasteiger partial charge in [-0.25, -0.2) is 0 Å². The first-order chi connectivity index (χ1) is 9.63. The van der Waals surface area contributed by atoms with E-state index in [-0.39, 0.29) is 5.91 Å². The highest BCUT2D eigenvalue weighted by molar-refractivity contribution is 9.10. The Hall–Kier alpha value is -1.54. The lowest BCUT2D eigenvalue weighted by atomic mass is 10.3. The molecule has 0 bridgehead atoms. The largest absolute Gasteiger partial charge is 0.480 e. The van der Waals surface area contributed by atoms with Gasteiger partial charge in [0.1, 0.15) is 5.75 Å². The monoisotopic (exact) mass is 336 g/mol. The van der Waals surface area contributed by atoms with Crippen LogP contribution in [0.15, 0.2) is 28.7 Å². The fourth-order valence-electron chi connectivity index (χ4n) is 2.04. The van der Waals surface area contributed by atoms with Gasteiger partial charge >= 0.3 is 0 Å². The number of carbonyl (C=O) groups excluding carboxylic acids is 1. The first-order valence-electron chi connectivity index (χ1n) is 6.72. The summed E-state index contributed by atoms with van der Waals surface area (Å²) in [5.74, 6) is 0.614. The minimum atomic E-state index is -0.548. The molecule has 1 aromatic rings. The number of amides is 1. The summed E-state index contributed by atoms with van der Waals surface area (Å²) in [6, 6.07) is 9.85. The van der Waals surface area contributed by atoms with Crippen molar-refractivity contribution in [1.29, 1.82) is 5.26 Å². The van der Waals surface area contributed by atoms with Crippen molar-refractivity contribution in [3.63, 3.8) is 0 Å². The van der Waals surface area contributed by atoms with Gasteiger partial charge in [-0.2, -0.15) is 5.26 Å². The summed E-state index contributed by atoms with van der Waals surface area (Å²) in [5, 5.41) is 8.68. The van der Waals surface area contributed by atoms with Crippen molar-refractivity contribution in [1.82, 2.24) is 4.90 Å². The molecule has 1 fully saturated rings. The summed E-state index contributed by atoms with van der Waals surface area (Å²) in [4.78, 5) is 14.2. The van der Waals surface area contributed by atoms with Crippen LogP contribution >= 0.6 is 15.9 Å². The minimum absolute atomic E-state index is 0.0431. The van der Waals surface area contributed by atoms with Crippen LogP contribution in [0.25, 0.3) is 0 Å². The van der Waals surface area contributed by atoms with Crippen molar-refractivity contribution in [3.05, 3.63) is 28.7 Å². The molecule has 20 heavy (non-hydrogen) atoms. The molecule has 0 aliphatic heterocycles. The Balaban J connectivity index is 2.00. The van der Waals surface area contributed by atoms with Crippen LogP contribution in [0.3, 0.4) is 0 Å². The molecule has 0 unspecified atom stereocenters. The molecule has 0 N–H and O–H groups in total. The first kappa shape index (κ1) is 14.9. The van der Waals surface area contributed by atoms with E-state index in [0.717, 1.165) is 17.3 Å². The van der Waals surface area contributed by atoms with E-state index in [2.05, 4.69) is 22.0 Å². The second kappa shape index (κ2) is 6.76. The van der Waals surface area contributed by atoms with Gasteiger partial charge in [0.15, 0.2) is 6.10 Å². The summed E-state index contributed by atoms with van der Waals surface area (Å²) in [6.45, 7) is 2.24. The summed E-state index contributed by atoms with van der Waals surface area (Å²) < 4.78 is 6.55. The second-order valence-electron chi connectivity index (χ2n) is 4.86. The number of benzene rings is 1. The van der Waals surface area contributed by atoms with Crippen LogP contribution in [-0.4, -0.2) is 29.5 Å². The molecule has 0 spiro atoms. The average molecular weight is 337 g/mol. The zero-order chi connectivity index (χ0) is 14.5. The van der Waals surface area contributed by atoms with Crippen LogP contribution in [0.2, 0.25) is 0 Å². The van der Waals surface area contributed by atoms with Gasteiger partial charge in [0, 0.05) is 12.6 Å². The summed E-state index contributed by atoms with van der Waals surface area (Å²) >= 11 is 3.40. The lowest BCUT2D eigenvalue weighted by Gasteiger charge is -2.25. The minimum Gasteiger partial charge on any atom is -0.480 e. The molecule has 1 atom stereocenters. The van der Waals surface area contributed by atoms with Crippen molar-refractivity contribution in [2.45, 2.75) is 38.3 Å². The molecule has 4 nitrogen and oxygen atoms in total. The standard InChI is InChI=1S/C15H17BrN2O2/c1-11(20-14-6-3-2-5-13(14)16)15(19)18(10-4-9-17)12-7-8-12/h2-3,5-6,11-12H,4,7-8,10H2,1H3/t11-/m1/s1. The van der Waals surface area contributed by atoms with Gasteiger partial charge in [-0.15, -0.1) is 0 Å². The Labute approximate surface area is 127 Å². The smallest absolute Gasteiger partial charge is 0.263 e. The number of para-hydroxylation sites is 1. The Morgan fingerprint density at radius 3 is 2.85 bits per heavy atom. The van der Waals surface area contributed by atoms with Gasteiger partial charge in [0.05, 0.1) is 17.0 Å². The fraction of sp³-hybridized carbons (Fsp3) is 0.467. The van der Waals surface area contributed by atoms with Crippen molar-refractivity contribution in [2.24, 2.45) is 0 Å². The van der Waals surface area contributed by atoms with Gasteiger partial charge in [0.2, 0.25) is 0 Å². The molecule has 1 aliphatic rings. The number of ether oxygens (including phenoxy) is 1. The van der Waals surface area contributed by atoms with Crippen molar-refractivity contribution >= 4 is 21.8 Å². The molecule has 1 aliphatic carbocycles. The van der Waals surface area contributed by atoms with E-state index < -0.39 is 6.10 Å². The third-order valence-corrected chi connectivity index (χ3v) is 3.88. The average Bonchev–Trinajstić information content (AvgIpc) is 3.26. The number of nitriles is 1. The second-order valence-corrected chi connectivity index (χ2v) is 5.72. The summed E-state index contributed by atoms with van der Waals surface area (Å²) in [6.07, 6.45) is 1.87. The molecule has 0 heterocycles. The van der Waals surface area contributed by atoms with E-state index >= 15 is 0 Å². The quantitative estimate of drug-likeness (QED) is 0.801. The molecule has 1 amide bonds. The third kappa shape index (κ3) is 3.73. The number of carbonyl (C=O) groups is 1. The first-order valence-corrected chi connectivity index (χ1v) is 7.51. The van der Waals surface area contributed by atoms with E-state index in [4.69, 9.17) is 10.00 Å². The van der Waals surface area contributed by atoms with Crippen LogP contribution < -0.4 is 4.74 Å². The number of halogens is 1. The number of nitrogens with zero attached hydrogens (tertiary/aromatic N) is 2. The van der Waals surface area contributed by atoms with E-state index in [9.17, 15) is 4.79 Å². The number of rotatable bonds is 6. The number of hydrogen-bond donors (Lipinski definition) is 0. The predicted octanol–water partition coefficient (Wildman–Crippen LogP) is 3.12. The molecule has 5 heteroatoms. The summed E-state index contributed by atoms with van der Waals surface area (Å²) in [7, 11) is 0. The Bertz CT molecular complexity index is 523. The van der Waals surface area contributed by atoms with E-state index in [0.29, 0.717) is 24.8 Å². The molecule has 1 saturated carbocycles. The highest BCUT2D eigenvalue weighted by Crippen LogP contribution is 2.29. The van der Waals surface area contributed by atoms with E-state index in [1.807, 2.05) is 24.3 Å². The predicted molar refractivity (Wildman–Crippen MR) is 79.2 cm³/mol.